The Hall–Kier alpha value is -1.03. The van der Waals surface area contributed by atoms with Crippen molar-refractivity contribution in [2.24, 2.45) is 0 Å². The third-order valence-electron chi connectivity index (χ3n) is 2.71. The summed E-state index contributed by atoms with van der Waals surface area (Å²) in [6, 6.07) is 0.522. The highest BCUT2D eigenvalue weighted by Crippen LogP contribution is 2.11. The fourth-order valence-electron chi connectivity index (χ4n) is 1.73. The van der Waals surface area contributed by atoms with Gasteiger partial charge in [0, 0.05) is 32.1 Å². The molecule has 0 saturated carbocycles. The molecule has 0 bridgehead atoms. The number of rotatable bonds is 8. The molecule has 1 unspecified atom stereocenters. The Morgan fingerprint density at radius 1 is 1.50 bits per heavy atom. The minimum Gasteiger partial charge on any atom is -0.383 e. The van der Waals surface area contributed by atoms with E-state index in [0.717, 1.165) is 25.5 Å². The van der Waals surface area contributed by atoms with E-state index in [1.807, 2.05) is 12.4 Å². The minimum absolute atomic E-state index is 0.522. The van der Waals surface area contributed by atoms with Gasteiger partial charge in [0.05, 0.1) is 6.61 Å². The molecule has 1 aromatic rings. The number of ether oxygens (including phenoxy) is 1. The van der Waals surface area contributed by atoms with Crippen LogP contribution in [0.25, 0.3) is 0 Å². The maximum Gasteiger partial charge on any atom is 0.203 e. The van der Waals surface area contributed by atoms with Gasteiger partial charge in [-0.25, -0.2) is 4.98 Å². The summed E-state index contributed by atoms with van der Waals surface area (Å²) < 4.78 is 7.17. The first-order valence-electron chi connectivity index (χ1n) is 6.08. The number of imidazole rings is 1. The van der Waals surface area contributed by atoms with Crippen LogP contribution in [0, 0.1) is 0 Å². The van der Waals surface area contributed by atoms with Crippen LogP contribution in [-0.2, 0) is 11.3 Å². The van der Waals surface area contributed by atoms with Crippen molar-refractivity contribution in [3.8, 4) is 0 Å². The lowest BCUT2D eigenvalue weighted by molar-refractivity contribution is 0.187. The molecule has 1 atom stereocenters. The Morgan fingerprint density at radius 3 is 2.94 bits per heavy atom. The summed E-state index contributed by atoms with van der Waals surface area (Å²) in [5, 5.41) is 3.48. The molecule has 0 aliphatic carbocycles. The molecular formula is C12H23N3O. The van der Waals surface area contributed by atoms with Gasteiger partial charge in [-0.15, -0.1) is 0 Å². The Morgan fingerprint density at radius 2 is 2.31 bits per heavy atom. The van der Waals surface area contributed by atoms with Gasteiger partial charge >= 0.3 is 0 Å². The zero-order chi connectivity index (χ0) is 11.8. The van der Waals surface area contributed by atoms with E-state index in [1.54, 1.807) is 7.11 Å². The van der Waals surface area contributed by atoms with E-state index >= 15 is 0 Å². The van der Waals surface area contributed by atoms with Gasteiger partial charge in [0.15, 0.2) is 0 Å². The smallest absolute Gasteiger partial charge is 0.203 e. The molecule has 1 rings (SSSR count). The van der Waals surface area contributed by atoms with Crippen LogP contribution in [0.3, 0.4) is 0 Å². The molecule has 0 radical (unpaired) electrons. The Kier molecular flexibility index (Phi) is 5.93. The van der Waals surface area contributed by atoms with Crippen molar-refractivity contribution in [2.75, 3.05) is 19.0 Å². The first kappa shape index (κ1) is 13.0. The van der Waals surface area contributed by atoms with Crippen molar-refractivity contribution < 1.29 is 4.74 Å². The lowest BCUT2D eigenvalue weighted by Gasteiger charge is -2.17. The third-order valence-corrected chi connectivity index (χ3v) is 2.71. The lowest BCUT2D eigenvalue weighted by atomic mass is 10.1. The van der Waals surface area contributed by atoms with Gasteiger partial charge in [0.2, 0.25) is 5.95 Å². The molecule has 4 heteroatoms. The van der Waals surface area contributed by atoms with E-state index in [4.69, 9.17) is 4.74 Å². The molecule has 0 saturated heterocycles. The van der Waals surface area contributed by atoms with Crippen LogP contribution in [0.1, 0.15) is 33.1 Å². The second-order valence-electron chi connectivity index (χ2n) is 3.98. The van der Waals surface area contributed by atoms with Crippen LogP contribution < -0.4 is 5.32 Å². The molecule has 0 spiro atoms. The fourth-order valence-corrected chi connectivity index (χ4v) is 1.73. The van der Waals surface area contributed by atoms with Crippen LogP contribution in [0.15, 0.2) is 12.4 Å². The summed E-state index contributed by atoms with van der Waals surface area (Å²) in [5.74, 6) is 0.956. The number of nitrogens with one attached hydrogen (secondary N) is 1. The zero-order valence-corrected chi connectivity index (χ0v) is 10.6. The van der Waals surface area contributed by atoms with Crippen molar-refractivity contribution in [1.29, 1.82) is 0 Å². The quantitative estimate of drug-likeness (QED) is 0.739. The molecule has 92 valence electrons. The Bertz CT molecular complexity index is 286. The van der Waals surface area contributed by atoms with Crippen LogP contribution in [-0.4, -0.2) is 29.3 Å². The maximum absolute atomic E-state index is 5.07. The van der Waals surface area contributed by atoms with Crippen LogP contribution in [0.4, 0.5) is 5.95 Å². The van der Waals surface area contributed by atoms with Crippen molar-refractivity contribution in [1.82, 2.24) is 9.55 Å². The summed E-state index contributed by atoms with van der Waals surface area (Å²) in [6.45, 7) is 5.98. The summed E-state index contributed by atoms with van der Waals surface area (Å²) in [5.41, 5.74) is 0. The van der Waals surface area contributed by atoms with Crippen molar-refractivity contribution >= 4 is 5.95 Å². The number of hydrogen-bond acceptors (Lipinski definition) is 3. The van der Waals surface area contributed by atoms with Crippen molar-refractivity contribution in [3.63, 3.8) is 0 Å². The highest BCUT2D eigenvalue weighted by molar-refractivity contribution is 5.27. The molecule has 16 heavy (non-hydrogen) atoms. The van der Waals surface area contributed by atoms with Gasteiger partial charge in [-0.05, 0) is 12.8 Å². The third kappa shape index (κ3) is 3.85. The highest BCUT2D eigenvalue weighted by atomic mass is 16.5. The first-order chi connectivity index (χ1) is 7.81. The minimum atomic E-state index is 0.522. The molecule has 1 aromatic heterocycles. The average molecular weight is 225 g/mol. The monoisotopic (exact) mass is 225 g/mol. The van der Waals surface area contributed by atoms with E-state index in [-0.39, 0.29) is 0 Å². The van der Waals surface area contributed by atoms with Gasteiger partial charge in [0.1, 0.15) is 0 Å². The highest BCUT2D eigenvalue weighted by Gasteiger charge is 2.08. The first-order valence-corrected chi connectivity index (χ1v) is 6.08. The number of nitrogens with zero attached hydrogens (tertiary/aromatic N) is 2. The van der Waals surface area contributed by atoms with Gasteiger partial charge in [-0.3, -0.25) is 0 Å². The molecule has 1 heterocycles. The largest absolute Gasteiger partial charge is 0.383 e. The molecule has 0 aliphatic rings. The van der Waals surface area contributed by atoms with Crippen LogP contribution in [0.2, 0.25) is 0 Å². The van der Waals surface area contributed by atoms with E-state index < -0.39 is 0 Å². The normalized spacial score (nSPS) is 12.7. The second-order valence-corrected chi connectivity index (χ2v) is 3.98. The molecule has 4 nitrogen and oxygen atoms in total. The van der Waals surface area contributed by atoms with E-state index in [0.29, 0.717) is 6.04 Å². The lowest BCUT2D eigenvalue weighted by Crippen LogP contribution is -2.21. The number of hydrogen-bond donors (Lipinski definition) is 1. The van der Waals surface area contributed by atoms with Crippen molar-refractivity contribution in [3.05, 3.63) is 12.4 Å². The van der Waals surface area contributed by atoms with Crippen LogP contribution >= 0.6 is 0 Å². The van der Waals surface area contributed by atoms with Gasteiger partial charge in [0.25, 0.3) is 0 Å². The van der Waals surface area contributed by atoms with Gasteiger partial charge in [-0.1, -0.05) is 20.3 Å². The van der Waals surface area contributed by atoms with Crippen LogP contribution in [0.5, 0.6) is 0 Å². The second kappa shape index (κ2) is 7.28. The topological polar surface area (TPSA) is 39.1 Å². The summed E-state index contributed by atoms with van der Waals surface area (Å²) in [6.07, 6.45) is 7.33. The number of anilines is 1. The molecule has 0 aromatic carbocycles. The predicted octanol–water partition coefficient (Wildman–Crippen LogP) is 2.52. The molecule has 0 amide bonds. The Balaban J connectivity index is 2.54. The molecular weight excluding hydrogens is 202 g/mol. The molecule has 0 aliphatic heterocycles. The fraction of sp³-hybridized carbons (Fsp3) is 0.750. The predicted molar refractivity (Wildman–Crippen MR) is 66.7 cm³/mol. The van der Waals surface area contributed by atoms with E-state index in [1.165, 1.54) is 12.8 Å². The molecule has 0 fully saturated rings. The summed E-state index contributed by atoms with van der Waals surface area (Å²) in [4.78, 5) is 4.34. The zero-order valence-electron chi connectivity index (χ0n) is 10.6. The van der Waals surface area contributed by atoms with Gasteiger partial charge in [-0.2, -0.15) is 0 Å². The molecule has 1 N–H and O–H groups in total. The SMILES string of the molecule is CCCC(CC)Nc1nccn1CCOC. The maximum atomic E-state index is 5.07. The number of methoxy groups -OCH3 is 1. The van der Waals surface area contributed by atoms with Crippen molar-refractivity contribution in [2.45, 2.75) is 45.7 Å². The van der Waals surface area contributed by atoms with E-state index in [2.05, 4.69) is 28.7 Å². The van der Waals surface area contributed by atoms with Gasteiger partial charge < -0.3 is 14.6 Å². The summed E-state index contributed by atoms with van der Waals surface area (Å²) >= 11 is 0. The summed E-state index contributed by atoms with van der Waals surface area (Å²) in [7, 11) is 1.72. The standard InChI is InChI=1S/C12H23N3O/c1-4-6-11(5-2)14-12-13-7-8-15(12)9-10-16-3/h7-8,11H,4-6,9-10H2,1-3H3,(H,13,14). The van der Waals surface area contributed by atoms with E-state index in [9.17, 15) is 0 Å². The Labute approximate surface area is 98.0 Å². The number of aromatic nitrogens is 2. The average Bonchev–Trinajstić information content (AvgIpc) is 2.73.